The van der Waals surface area contributed by atoms with Crippen molar-refractivity contribution < 1.29 is 9.53 Å². The first kappa shape index (κ1) is 19.8. The molecule has 0 amide bonds. The molecular weight excluding hydrogens is 348 g/mol. The summed E-state index contributed by atoms with van der Waals surface area (Å²) in [4.78, 5) is 23.5. The maximum atomic E-state index is 12.6. The summed E-state index contributed by atoms with van der Waals surface area (Å²) in [5.74, 6) is -0.0134. The average Bonchev–Trinajstić information content (AvgIpc) is 2.59. The first-order valence-corrected chi connectivity index (χ1v) is 9.48. The Balaban J connectivity index is 2.58. The molecule has 1 N–H and O–H groups in total. The molecule has 6 nitrogen and oxygen atoms in total. The summed E-state index contributed by atoms with van der Waals surface area (Å²) in [6, 6.07) is 7.88. The third kappa shape index (κ3) is 5.23. The van der Waals surface area contributed by atoms with Crippen LogP contribution in [0.4, 0.5) is 11.5 Å². The van der Waals surface area contributed by atoms with E-state index in [2.05, 4.69) is 15.3 Å². The lowest BCUT2D eigenvalue weighted by Crippen LogP contribution is -2.14. The van der Waals surface area contributed by atoms with Gasteiger partial charge in [0.2, 0.25) is 0 Å². The van der Waals surface area contributed by atoms with E-state index in [4.69, 9.17) is 4.74 Å². The maximum absolute atomic E-state index is 12.6. The van der Waals surface area contributed by atoms with Gasteiger partial charge in [0.15, 0.2) is 5.16 Å². The number of anilines is 2. The predicted octanol–water partition coefficient (Wildman–Crippen LogP) is 3.96. The van der Waals surface area contributed by atoms with Gasteiger partial charge in [-0.25, -0.2) is 14.8 Å². The minimum absolute atomic E-state index is 0.282. The Morgan fingerprint density at radius 2 is 2.12 bits per heavy atom. The monoisotopic (exact) mass is 372 g/mol. The Hall–Kier alpha value is -2.54. The number of benzene rings is 1. The van der Waals surface area contributed by atoms with Crippen molar-refractivity contribution >= 4 is 35.3 Å². The van der Waals surface area contributed by atoms with E-state index in [1.54, 1.807) is 13.0 Å². The summed E-state index contributed by atoms with van der Waals surface area (Å²) in [6.07, 6.45) is 5.52. The van der Waals surface area contributed by atoms with Crippen molar-refractivity contribution in [3.8, 4) is 0 Å². The van der Waals surface area contributed by atoms with Crippen LogP contribution in [0.15, 0.2) is 35.6 Å². The van der Waals surface area contributed by atoms with Crippen molar-refractivity contribution in [2.24, 2.45) is 0 Å². The predicted molar refractivity (Wildman–Crippen MR) is 107 cm³/mol. The van der Waals surface area contributed by atoms with E-state index in [0.29, 0.717) is 22.2 Å². The van der Waals surface area contributed by atoms with Crippen LogP contribution in [0.3, 0.4) is 0 Å². The molecule has 1 heterocycles. The lowest BCUT2D eigenvalue weighted by Gasteiger charge is -2.14. The number of aromatic nitrogens is 2. The van der Waals surface area contributed by atoms with Crippen LogP contribution in [0.5, 0.6) is 0 Å². The van der Waals surface area contributed by atoms with Gasteiger partial charge in [0.25, 0.3) is 0 Å². The lowest BCUT2D eigenvalue weighted by molar-refractivity contribution is 0.0526. The fourth-order valence-electron chi connectivity index (χ4n) is 2.24. The number of aryl methyl sites for hydroxylation is 1. The second kappa shape index (κ2) is 9.24. The van der Waals surface area contributed by atoms with E-state index < -0.39 is 5.97 Å². The first-order chi connectivity index (χ1) is 12.4. The SMILES string of the molecule is CCOC(=O)c1c(/C=C/N(C)C)nc(SC)nc1Nc1cccc(C)c1. The number of esters is 1. The van der Waals surface area contributed by atoms with Crippen LogP contribution in [0.1, 0.15) is 28.5 Å². The van der Waals surface area contributed by atoms with Crippen LogP contribution in [0.25, 0.3) is 6.08 Å². The maximum Gasteiger partial charge on any atom is 0.344 e. The fraction of sp³-hybridized carbons (Fsp3) is 0.316. The number of nitrogens with zero attached hydrogens (tertiary/aromatic N) is 3. The van der Waals surface area contributed by atoms with Gasteiger partial charge in [-0.2, -0.15) is 0 Å². The molecule has 0 atom stereocenters. The molecule has 0 fully saturated rings. The minimum Gasteiger partial charge on any atom is -0.462 e. The van der Waals surface area contributed by atoms with Gasteiger partial charge < -0.3 is 15.0 Å². The number of rotatable bonds is 7. The molecule has 2 aromatic rings. The Morgan fingerprint density at radius 1 is 1.35 bits per heavy atom. The van der Waals surface area contributed by atoms with Gasteiger partial charge in [-0.1, -0.05) is 23.9 Å². The first-order valence-electron chi connectivity index (χ1n) is 8.26. The molecule has 0 radical (unpaired) electrons. The summed E-state index contributed by atoms with van der Waals surface area (Å²) in [6.45, 7) is 4.07. The molecule has 0 spiro atoms. The molecule has 7 heteroatoms. The van der Waals surface area contributed by atoms with E-state index in [0.717, 1.165) is 11.3 Å². The summed E-state index contributed by atoms with van der Waals surface area (Å²) in [5, 5.41) is 3.82. The van der Waals surface area contributed by atoms with Crippen LogP contribution in [0.2, 0.25) is 0 Å². The zero-order chi connectivity index (χ0) is 19.1. The molecule has 26 heavy (non-hydrogen) atoms. The molecule has 0 unspecified atom stereocenters. The highest BCUT2D eigenvalue weighted by molar-refractivity contribution is 7.98. The van der Waals surface area contributed by atoms with Crippen LogP contribution < -0.4 is 5.32 Å². The Labute approximate surface area is 158 Å². The van der Waals surface area contributed by atoms with Crippen molar-refractivity contribution in [3.63, 3.8) is 0 Å². The van der Waals surface area contributed by atoms with Gasteiger partial charge in [-0.05, 0) is 43.9 Å². The summed E-state index contributed by atoms with van der Waals surface area (Å²) in [5.41, 5.74) is 2.80. The van der Waals surface area contributed by atoms with Crippen molar-refractivity contribution in [2.75, 3.05) is 32.3 Å². The van der Waals surface area contributed by atoms with Gasteiger partial charge in [0, 0.05) is 26.0 Å². The second-order valence-electron chi connectivity index (χ2n) is 5.81. The topological polar surface area (TPSA) is 67.3 Å². The van der Waals surface area contributed by atoms with Gasteiger partial charge in [0.1, 0.15) is 11.4 Å². The highest BCUT2D eigenvalue weighted by atomic mass is 32.2. The van der Waals surface area contributed by atoms with Gasteiger partial charge in [-0.15, -0.1) is 0 Å². The highest BCUT2D eigenvalue weighted by Crippen LogP contribution is 2.26. The molecule has 0 aliphatic rings. The number of carbonyl (C=O) groups excluding carboxylic acids is 1. The van der Waals surface area contributed by atoms with Crippen LogP contribution in [-0.4, -0.2) is 47.8 Å². The van der Waals surface area contributed by atoms with E-state index in [9.17, 15) is 4.79 Å². The normalized spacial score (nSPS) is 10.8. The third-order valence-corrected chi connectivity index (χ3v) is 3.94. The molecule has 138 valence electrons. The van der Waals surface area contributed by atoms with Gasteiger partial charge in [0.05, 0.1) is 12.3 Å². The number of hydrogen-bond donors (Lipinski definition) is 1. The number of ether oxygens (including phenoxy) is 1. The molecular formula is C19H24N4O2S. The Kier molecular flexibility index (Phi) is 7.03. The number of carbonyl (C=O) groups is 1. The highest BCUT2D eigenvalue weighted by Gasteiger charge is 2.21. The van der Waals surface area contributed by atoms with E-state index >= 15 is 0 Å². The van der Waals surface area contributed by atoms with Crippen LogP contribution in [-0.2, 0) is 4.74 Å². The molecule has 1 aromatic carbocycles. The van der Waals surface area contributed by atoms with Crippen LogP contribution in [0, 0.1) is 6.92 Å². The molecule has 0 saturated carbocycles. The number of thioether (sulfide) groups is 1. The summed E-state index contributed by atoms with van der Waals surface area (Å²) >= 11 is 1.42. The van der Waals surface area contributed by atoms with Crippen molar-refractivity contribution in [1.29, 1.82) is 0 Å². The van der Waals surface area contributed by atoms with Crippen molar-refractivity contribution in [1.82, 2.24) is 14.9 Å². The van der Waals surface area contributed by atoms with E-state index in [1.807, 2.05) is 62.6 Å². The van der Waals surface area contributed by atoms with Crippen molar-refractivity contribution in [2.45, 2.75) is 19.0 Å². The average molecular weight is 372 g/mol. The molecule has 1 aromatic heterocycles. The summed E-state index contributed by atoms with van der Waals surface area (Å²) < 4.78 is 5.24. The lowest BCUT2D eigenvalue weighted by atomic mass is 10.1. The number of nitrogens with one attached hydrogen (secondary N) is 1. The third-order valence-electron chi connectivity index (χ3n) is 3.39. The van der Waals surface area contributed by atoms with Gasteiger partial charge >= 0.3 is 5.97 Å². The summed E-state index contributed by atoms with van der Waals surface area (Å²) in [7, 11) is 3.81. The molecule has 0 saturated heterocycles. The van der Waals surface area contributed by atoms with E-state index in [1.165, 1.54) is 11.8 Å². The molecule has 2 rings (SSSR count). The minimum atomic E-state index is -0.450. The Bertz CT molecular complexity index is 806. The zero-order valence-corrected chi connectivity index (χ0v) is 16.6. The van der Waals surface area contributed by atoms with Crippen molar-refractivity contribution in [3.05, 3.63) is 47.3 Å². The second-order valence-corrected chi connectivity index (χ2v) is 6.59. The van der Waals surface area contributed by atoms with Crippen LogP contribution >= 0.6 is 11.8 Å². The standard InChI is InChI=1S/C19H24N4O2S/c1-6-25-18(24)16-15(10-11-23(3)4)21-19(26-5)22-17(16)20-14-9-7-8-13(2)12-14/h7-12H,6H2,1-5H3,(H,20,21,22)/b11-10+. The molecule has 0 aliphatic carbocycles. The fourth-order valence-corrected chi connectivity index (χ4v) is 2.62. The van der Waals surface area contributed by atoms with Gasteiger partial charge in [-0.3, -0.25) is 0 Å². The molecule has 0 aliphatic heterocycles. The smallest absolute Gasteiger partial charge is 0.344 e. The largest absolute Gasteiger partial charge is 0.462 e. The zero-order valence-electron chi connectivity index (χ0n) is 15.7. The number of hydrogen-bond acceptors (Lipinski definition) is 7. The quantitative estimate of drug-likeness (QED) is 0.448. The Morgan fingerprint density at radius 3 is 2.73 bits per heavy atom. The molecule has 0 bridgehead atoms. The van der Waals surface area contributed by atoms with E-state index in [-0.39, 0.29) is 6.61 Å².